The molecule has 2 aliphatic rings. The second-order valence-electron chi connectivity index (χ2n) is 3.77. The van der Waals surface area contributed by atoms with Crippen molar-refractivity contribution in [3.05, 3.63) is 30.3 Å². The number of nitrogens with zero attached hydrogens (tertiary/aromatic N) is 5. The third-order valence-electron chi connectivity index (χ3n) is 2.72. The van der Waals surface area contributed by atoms with Crippen molar-refractivity contribution in [1.82, 2.24) is 5.12 Å². The molecule has 0 radical (unpaired) electrons. The molecule has 0 fully saturated rings. The summed E-state index contributed by atoms with van der Waals surface area (Å²) in [7, 11) is 0. The normalized spacial score (nSPS) is 26.5. The van der Waals surface area contributed by atoms with Crippen LogP contribution in [0.2, 0.25) is 0 Å². The Bertz CT molecular complexity index is 499. The van der Waals surface area contributed by atoms with Crippen LogP contribution in [-0.2, 0) is 4.79 Å². The maximum Gasteiger partial charge on any atom is 0.271 e. The molecule has 1 aromatic carbocycles. The van der Waals surface area contributed by atoms with Gasteiger partial charge in [0.2, 0.25) is 0 Å². The zero-order chi connectivity index (χ0) is 11.8. The molecule has 0 aromatic heterocycles. The molecule has 2 N–H and O–H groups in total. The van der Waals surface area contributed by atoms with Crippen molar-refractivity contribution in [3.8, 4) is 0 Å². The summed E-state index contributed by atoms with van der Waals surface area (Å²) in [4.78, 5) is 11.7. The number of nitrogens with two attached hydrogens (primary N) is 1. The van der Waals surface area contributed by atoms with Gasteiger partial charge < -0.3 is 0 Å². The molecule has 0 unspecified atom stereocenters. The van der Waals surface area contributed by atoms with Gasteiger partial charge in [-0.1, -0.05) is 23.4 Å². The fourth-order valence-corrected chi connectivity index (χ4v) is 1.86. The second-order valence-corrected chi connectivity index (χ2v) is 3.77. The molecule has 2 aliphatic heterocycles. The molecule has 0 aliphatic carbocycles. The Balaban J connectivity index is 1.94. The average Bonchev–Trinajstić information content (AvgIpc) is 2.79. The predicted molar refractivity (Wildman–Crippen MR) is 60.6 cm³/mol. The van der Waals surface area contributed by atoms with E-state index in [1.165, 1.54) is 0 Å². The van der Waals surface area contributed by atoms with Gasteiger partial charge in [0, 0.05) is 6.21 Å². The van der Waals surface area contributed by atoms with Crippen LogP contribution in [0.4, 0.5) is 5.69 Å². The van der Waals surface area contributed by atoms with E-state index in [0.29, 0.717) is 0 Å². The monoisotopic (exact) mass is 230 g/mol. The zero-order valence-corrected chi connectivity index (χ0v) is 8.84. The molecular weight excluding hydrogens is 220 g/mol. The summed E-state index contributed by atoms with van der Waals surface area (Å²) in [5, 5.41) is 14.2. The minimum absolute atomic E-state index is 0.299. The highest BCUT2D eigenvalue weighted by atomic mass is 16.2. The highest BCUT2D eigenvalue weighted by Crippen LogP contribution is 2.29. The molecule has 7 heteroatoms. The van der Waals surface area contributed by atoms with E-state index in [2.05, 4.69) is 15.4 Å². The molecular formula is C10H10N6O. The van der Waals surface area contributed by atoms with Crippen LogP contribution in [0.25, 0.3) is 0 Å². The first-order valence-electron chi connectivity index (χ1n) is 5.15. The van der Waals surface area contributed by atoms with E-state index >= 15 is 0 Å². The van der Waals surface area contributed by atoms with Crippen LogP contribution < -0.4 is 10.9 Å². The maximum atomic E-state index is 11.7. The molecule has 0 saturated heterocycles. The first-order chi connectivity index (χ1) is 8.27. The highest BCUT2D eigenvalue weighted by Gasteiger charge is 2.41. The Kier molecular flexibility index (Phi) is 2.12. The average molecular weight is 230 g/mol. The third kappa shape index (κ3) is 1.48. The van der Waals surface area contributed by atoms with Gasteiger partial charge in [-0.3, -0.25) is 4.79 Å². The van der Waals surface area contributed by atoms with Gasteiger partial charge >= 0.3 is 0 Å². The van der Waals surface area contributed by atoms with E-state index in [1.807, 2.05) is 30.3 Å². The Morgan fingerprint density at radius 3 is 2.76 bits per heavy atom. The molecule has 17 heavy (non-hydrogen) atoms. The van der Waals surface area contributed by atoms with E-state index in [4.69, 9.17) is 5.84 Å². The summed E-state index contributed by atoms with van der Waals surface area (Å²) in [5.41, 5.74) is 0.869. The largest absolute Gasteiger partial charge is 0.271 e. The second kappa shape index (κ2) is 3.63. The number of benzene rings is 1. The SMILES string of the molecule is NN1N=N[C@H]2[C@@H](C=NN2c2ccccc2)C1=O. The molecule has 0 spiro atoms. The van der Waals surface area contributed by atoms with Crippen LogP contribution in [0.5, 0.6) is 0 Å². The summed E-state index contributed by atoms with van der Waals surface area (Å²) >= 11 is 0. The fourth-order valence-electron chi connectivity index (χ4n) is 1.86. The van der Waals surface area contributed by atoms with E-state index in [1.54, 1.807) is 11.2 Å². The zero-order valence-electron chi connectivity index (χ0n) is 8.84. The van der Waals surface area contributed by atoms with Gasteiger partial charge in [-0.25, -0.2) is 10.9 Å². The number of hydrogen-bond acceptors (Lipinski definition) is 6. The number of hydrazine groups is 1. The highest BCUT2D eigenvalue weighted by molar-refractivity contribution is 5.96. The van der Waals surface area contributed by atoms with Gasteiger partial charge in [0.15, 0.2) is 6.17 Å². The number of fused-ring (bicyclic) bond motifs is 1. The molecule has 1 amide bonds. The number of amides is 1. The lowest BCUT2D eigenvalue weighted by Crippen LogP contribution is -2.47. The maximum absolute atomic E-state index is 11.7. The van der Waals surface area contributed by atoms with Crippen molar-refractivity contribution in [2.75, 3.05) is 5.01 Å². The lowest BCUT2D eigenvalue weighted by molar-refractivity contribution is -0.136. The number of carbonyl (C=O) groups is 1. The van der Waals surface area contributed by atoms with Crippen molar-refractivity contribution in [3.63, 3.8) is 0 Å². The quantitative estimate of drug-likeness (QED) is 0.563. The minimum atomic E-state index is -0.460. The standard InChI is InChI=1S/C10H10N6O/c11-16-10(17)8-6-12-15(9(8)13-14-16)7-4-2-1-3-5-7/h1-6,8-9H,11H2/t8-,9-/m1/s1. The smallest absolute Gasteiger partial charge is 0.270 e. The summed E-state index contributed by atoms with van der Waals surface area (Å²) < 4.78 is 0. The lowest BCUT2D eigenvalue weighted by atomic mass is 10.1. The van der Waals surface area contributed by atoms with E-state index in [-0.39, 0.29) is 5.91 Å². The molecule has 2 heterocycles. The van der Waals surface area contributed by atoms with Crippen LogP contribution in [-0.4, -0.2) is 23.4 Å². The van der Waals surface area contributed by atoms with Crippen LogP contribution in [0.3, 0.4) is 0 Å². The van der Waals surface area contributed by atoms with Crippen molar-refractivity contribution >= 4 is 17.8 Å². The fraction of sp³-hybridized carbons (Fsp3) is 0.200. The first kappa shape index (κ1) is 9.91. The van der Waals surface area contributed by atoms with Gasteiger partial charge in [-0.05, 0) is 12.1 Å². The number of anilines is 1. The van der Waals surface area contributed by atoms with Crippen molar-refractivity contribution < 1.29 is 4.79 Å². The van der Waals surface area contributed by atoms with Crippen LogP contribution in [0.1, 0.15) is 0 Å². The van der Waals surface area contributed by atoms with Crippen LogP contribution >= 0.6 is 0 Å². The Morgan fingerprint density at radius 1 is 1.24 bits per heavy atom. The van der Waals surface area contributed by atoms with E-state index in [9.17, 15) is 4.79 Å². The van der Waals surface area contributed by atoms with Gasteiger partial charge in [0.05, 0.1) is 5.69 Å². The van der Waals surface area contributed by atoms with Crippen molar-refractivity contribution in [2.45, 2.75) is 6.17 Å². The van der Waals surface area contributed by atoms with Gasteiger partial charge in [0.25, 0.3) is 5.91 Å². The number of carbonyl (C=O) groups excluding carboxylic acids is 1. The van der Waals surface area contributed by atoms with Crippen LogP contribution in [0, 0.1) is 5.92 Å². The molecule has 3 rings (SSSR count). The summed E-state index contributed by atoms with van der Waals surface area (Å²) in [5.74, 6) is 4.60. The number of hydrogen-bond donors (Lipinski definition) is 1. The Hall–Kier alpha value is -2.28. The summed E-state index contributed by atoms with van der Waals surface area (Å²) in [6, 6.07) is 9.50. The van der Waals surface area contributed by atoms with E-state index in [0.717, 1.165) is 10.8 Å². The first-order valence-corrected chi connectivity index (χ1v) is 5.15. The van der Waals surface area contributed by atoms with Crippen LogP contribution in [0.15, 0.2) is 45.8 Å². The van der Waals surface area contributed by atoms with Gasteiger partial charge in [-0.15, -0.1) is 10.2 Å². The lowest BCUT2D eigenvalue weighted by Gasteiger charge is -2.26. The number of hydrazone groups is 1. The van der Waals surface area contributed by atoms with Gasteiger partial charge in [-0.2, -0.15) is 5.10 Å². The third-order valence-corrected chi connectivity index (χ3v) is 2.72. The molecule has 2 atom stereocenters. The minimum Gasteiger partial charge on any atom is -0.270 e. The number of rotatable bonds is 1. The number of para-hydroxylation sites is 1. The van der Waals surface area contributed by atoms with E-state index < -0.39 is 12.1 Å². The summed E-state index contributed by atoms with van der Waals surface area (Å²) in [6.07, 6.45) is 1.13. The topological polar surface area (TPSA) is 86.7 Å². The molecule has 7 nitrogen and oxygen atoms in total. The molecule has 0 saturated carbocycles. The molecule has 86 valence electrons. The summed E-state index contributed by atoms with van der Waals surface area (Å²) in [6.45, 7) is 0. The van der Waals surface area contributed by atoms with Crippen molar-refractivity contribution in [2.24, 2.45) is 27.2 Å². The predicted octanol–water partition coefficient (Wildman–Crippen LogP) is 0.518. The molecule has 1 aromatic rings. The Labute approximate surface area is 97.2 Å². The van der Waals surface area contributed by atoms with Gasteiger partial charge in [0.1, 0.15) is 5.92 Å². The Morgan fingerprint density at radius 2 is 2.00 bits per heavy atom. The van der Waals surface area contributed by atoms with Crippen molar-refractivity contribution in [1.29, 1.82) is 0 Å². The molecule has 0 bridgehead atoms.